The van der Waals surface area contributed by atoms with E-state index in [1.807, 2.05) is 6.92 Å². The van der Waals surface area contributed by atoms with Crippen LogP contribution in [0, 0.1) is 17.8 Å². The van der Waals surface area contributed by atoms with Gasteiger partial charge in [0, 0.05) is 19.6 Å². The third-order valence-corrected chi connectivity index (χ3v) is 3.51. The molecule has 1 N–H and O–H groups in total. The minimum atomic E-state index is 0.0129. The molecule has 3 heteroatoms. The highest BCUT2D eigenvalue weighted by molar-refractivity contribution is 5.81. The van der Waals surface area contributed by atoms with Gasteiger partial charge in [-0.25, -0.2) is 0 Å². The topological polar surface area (TPSA) is 32.3 Å². The minimum Gasteiger partial charge on any atom is -0.354 e. The van der Waals surface area contributed by atoms with Gasteiger partial charge in [-0.15, -0.1) is 0 Å². The number of nitrogens with one attached hydrogen (secondary N) is 1. The summed E-state index contributed by atoms with van der Waals surface area (Å²) < 4.78 is 0. The Balaban J connectivity index is 2.45. The summed E-state index contributed by atoms with van der Waals surface area (Å²) >= 11 is 0. The number of nitrogens with zero attached hydrogens (tertiary/aromatic N) is 1. The molecule has 0 radical (unpaired) electrons. The average molecular weight is 240 g/mol. The first-order valence-electron chi connectivity index (χ1n) is 6.91. The first-order chi connectivity index (χ1) is 7.90. The van der Waals surface area contributed by atoms with Crippen LogP contribution < -0.4 is 5.32 Å². The summed E-state index contributed by atoms with van der Waals surface area (Å²) in [6, 6.07) is 0.0129. The van der Waals surface area contributed by atoms with E-state index in [0.29, 0.717) is 17.8 Å². The van der Waals surface area contributed by atoms with Crippen molar-refractivity contribution in [1.29, 1.82) is 0 Å². The molecule has 0 aromatic rings. The summed E-state index contributed by atoms with van der Waals surface area (Å²) in [5.41, 5.74) is 0. The molecule has 1 rings (SSSR count). The van der Waals surface area contributed by atoms with Crippen LogP contribution >= 0.6 is 0 Å². The molecule has 17 heavy (non-hydrogen) atoms. The molecule has 1 aliphatic rings. The maximum absolute atomic E-state index is 12.0. The molecule has 0 unspecified atom stereocenters. The van der Waals surface area contributed by atoms with E-state index >= 15 is 0 Å². The quantitative estimate of drug-likeness (QED) is 0.816. The monoisotopic (exact) mass is 240 g/mol. The van der Waals surface area contributed by atoms with Gasteiger partial charge in [0.25, 0.3) is 0 Å². The summed E-state index contributed by atoms with van der Waals surface area (Å²) in [4.78, 5) is 14.3. The smallest absolute Gasteiger partial charge is 0.237 e. The van der Waals surface area contributed by atoms with Gasteiger partial charge in [-0.1, -0.05) is 27.7 Å². The maximum atomic E-state index is 12.0. The second kappa shape index (κ2) is 6.39. The molecule has 0 saturated carbocycles. The molecule has 0 bridgehead atoms. The van der Waals surface area contributed by atoms with E-state index in [0.717, 1.165) is 19.6 Å². The van der Waals surface area contributed by atoms with Gasteiger partial charge >= 0.3 is 0 Å². The van der Waals surface area contributed by atoms with Crippen LogP contribution in [-0.4, -0.2) is 36.5 Å². The summed E-state index contributed by atoms with van der Waals surface area (Å²) in [6.45, 7) is 13.7. The molecule has 1 amide bonds. The third kappa shape index (κ3) is 4.66. The third-order valence-electron chi connectivity index (χ3n) is 3.51. The number of amides is 1. The Hall–Kier alpha value is -0.570. The SMILES string of the molecule is CC(C)CNC(=O)[C@@H](C)N1C[C@H](C)C[C@H](C)C1. The van der Waals surface area contributed by atoms with Gasteiger partial charge in [0.15, 0.2) is 0 Å². The van der Waals surface area contributed by atoms with Crippen molar-refractivity contribution in [1.82, 2.24) is 10.2 Å². The fourth-order valence-electron chi connectivity index (χ4n) is 2.65. The second-order valence-electron chi connectivity index (χ2n) is 6.21. The van der Waals surface area contributed by atoms with Crippen LogP contribution in [0.25, 0.3) is 0 Å². The molecular weight excluding hydrogens is 212 g/mol. The molecule has 3 nitrogen and oxygen atoms in total. The first-order valence-corrected chi connectivity index (χ1v) is 6.91. The van der Waals surface area contributed by atoms with Crippen molar-refractivity contribution in [2.75, 3.05) is 19.6 Å². The van der Waals surface area contributed by atoms with Gasteiger partial charge < -0.3 is 5.32 Å². The molecular formula is C14H28N2O. The van der Waals surface area contributed by atoms with E-state index in [-0.39, 0.29) is 11.9 Å². The molecule has 1 heterocycles. The number of carbonyl (C=O) groups excluding carboxylic acids is 1. The maximum Gasteiger partial charge on any atom is 0.237 e. The standard InChI is InChI=1S/C14H28N2O/c1-10(2)7-15-14(17)13(5)16-8-11(3)6-12(4)9-16/h10-13H,6-9H2,1-5H3,(H,15,17)/t11-,12+,13-/m1/s1. The molecule has 0 spiro atoms. The Morgan fingerprint density at radius 3 is 2.24 bits per heavy atom. The summed E-state index contributed by atoms with van der Waals surface area (Å²) in [7, 11) is 0. The predicted octanol–water partition coefficient (Wildman–Crippen LogP) is 2.12. The van der Waals surface area contributed by atoms with Crippen molar-refractivity contribution < 1.29 is 4.79 Å². The van der Waals surface area contributed by atoms with Gasteiger partial charge in [0.2, 0.25) is 5.91 Å². The lowest BCUT2D eigenvalue weighted by Crippen LogP contribution is -2.51. The molecule has 0 aromatic heterocycles. The Morgan fingerprint density at radius 1 is 1.24 bits per heavy atom. The zero-order valence-corrected chi connectivity index (χ0v) is 12.0. The van der Waals surface area contributed by atoms with Crippen molar-refractivity contribution in [3.05, 3.63) is 0 Å². The number of hydrogen-bond donors (Lipinski definition) is 1. The van der Waals surface area contributed by atoms with E-state index in [9.17, 15) is 4.79 Å². The first kappa shape index (κ1) is 14.5. The zero-order chi connectivity index (χ0) is 13.0. The van der Waals surface area contributed by atoms with E-state index in [1.165, 1.54) is 6.42 Å². The fourth-order valence-corrected chi connectivity index (χ4v) is 2.65. The molecule has 1 aliphatic heterocycles. The average Bonchev–Trinajstić information content (AvgIpc) is 2.23. The molecule has 0 aromatic carbocycles. The highest BCUT2D eigenvalue weighted by atomic mass is 16.2. The molecule has 1 fully saturated rings. The summed E-state index contributed by atoms with van der Waals surface area (Å²) in [6.07, 6.45) is 1.29. The zero-order valence-electron chi connectivity index (χ0n) is 12.0. The van der Waals surface area contributed by atoms with Crippen molar-refractivity contribution in [2.24, 2.45) is 17.8 Å². The molecule has 1 saturated heterocycles. The Bertz CT molecular complexity index is 243. The van der Waals surface area contributed by atoms with E-state index < -0.39 is 0 Å². The van der Waals surface area contributed by atoms with Crippen molar-refractivity contribution in [3.63, 3.8) is 0 Å². The van der Waals surface area contributed by atoms with Crippen molar-refractivity contribution in [2.45, 2.75) is 47.1 Å². The number of hydrogen-bond acceptors (Lipinski definition) is 2. The Kier molecular flexibility index (Phi) is 5.44. The summed E-state index contributed by atoms with van der Waals surface area (Å²) in [5.74, 6) is 2.11. The Morgan fingerprint density at radius 2 is 1.76 bits per heavy atom. The van der Waals surface area contributed by atoms with Crippen LogP contribution in [0.5, 0.6) is 0 Å². The van der Waals surface area contributed by atoms with Crippen LogP contribution in [0.2, 0.25) is 0 Å². The van der Waals surface area contributed by atoms with Crippen LogP contribution in [0.4, 0.5) is 0 Å². The summed E-state index contributed by atoms with van der Waals surface area (Å²) in [5, 5.41) is 3.03. The second-order valence-corrected chi connectivity index (χ2v) is 6.21. The van der Waals surface area contributed by atoms with Crippen molar-refractivity contribution >= 4 is 5.91 Å². The highest BCUT2D eigenvalue weighted by Gasteiger charge is 2.28. The van der Waals surface area contributed by atoms with Crippen LogP contribution in [0.15, 0.2) is 0 Å². The Labute approximate surface area is 106 Å². The van der Waals surface area contributed by atoms with Crippen LogP contribution in [0.1, 0.15) is 41.0 Å². The predicted molar refractivity (Wildman–Crippen MR) is 71.8 cm³/mol. The van der Waals surface area contributed by atoms with Crippen LogP contribution in [-0.2, 0) is 4.79 Å². The number of carbonyl (C=O) groups is 1. The van der Waals surface area contributed by atoms with Gasteiger partial charge in [-0.3, -0.25) is 9.69 Å². The van der Waals surface area contributed by atoms with Gasteiger partial charge in [-0.2, -0.15) is 0 Å². The van der Waals surface area contributed by atoms with Gasteiger partial charge in [0.1, 0.15) is 0 Å². The highest BCUT2D eigenvalue weighted by Crippen LogP contribution is 2.22. The van der Waals surface area contributed by atoms with E-state index in [2.05, 4.69) is 37.9 Å². The van der Waals surface area contributed by atoms with Crippen LogP contribution in [0.3, 0.4) is 0 Å². The van der Waals surface area contributed by atoms with Gasteiger partial charge in [0.05, 0.1) is 6.04 Å². The number of likely N-dealkylation sites (tertiary alicyclic amines) is 1. The normalized spacial score (nSPS) is 28.1. The lowest BCUT2D eigenvalue weighted by molar-refractivity contribution is -0.127. The number of piperidine rings is 1. The minimum absolute atomic E-state index is 0.0129. The van der Waals surface area contributed by atoms with E-state index in [4.69, 9.17) is 0 Å². The van der Waals surface area contributed by atoms with Gasteiger partial charge in [-0.05, 0) is 31.1 Å². The molecule has 3 atom stereocenters. The largest absolute Gasteiger partial charge is 0.354 e. The fraction of sp³-hybridized carbons (Fsp3) is 0.929. The molecule has 100 valence electrons. The molecule has 0 aliphatic carbocycles. The van der Waals surface area contributed by atoms with E-state index in [1.54, 1.807) is 0 Å². The van der Waals surface area contributed by atoms with Crippen molar-refractivity contribution in [3.8, 4) is 0 Å². The lowest BCUT2D eigenvalue weighted by atomic mass is 9.91. The lowest BCUT2D eigenvalue weighted by Gasteiger charge is -2.38. The number of rotatable bonds is 4.